The van der Waals surface area contributed by atoms with Gasteiger partial charge in [0.15, 0.2) is 0 Å². The molecule has 0 saturated heterocycles. The van der Waals surface area contributed by atoms with Crippen LogP contribution in [0.15, 0.2) is 18.2 Å². The van der Waals surface area contributed by atoms with Gasteiger partial charge in [0, 0.05) is 6.42 Å². The summed E-state index contributed by atoms with van der Waals surface area (Å²) in [4.78, 5) is 11.5. The molecule has 5 heteroatoms. The van der Waals surface area contributed by atoms with Gasteiger partial charge < -0.3 is 11.1 Å². The molecule has 0 atom stereocenters. The summed E-state index contributed by atoms with van der Waals surface area (Å²) < 4.78 is 25.7. The minimum Gasteiger partial charge on any atom is -0.350 e. The van der Waals surface area contributed by atoms with E-state index in [9.17, 15) is 13.6 Å². The summed E-state index contributed by atoms with van der Waals surface area (Å²) in [5.41, 5.74) is 8.22. The Balaban J connectivity index is 2.42. The molecule has 0 aliphatic rings. The fraction of sp³-hybridized carbons (Fsp3) is 0.500. The molecular weight excluding hydrogens is 250 g/mol. The van der Waals surface area contributed by atoms with Crippen molar-refractivity contribution in [2.24, 2.45) is 5.73 Å². The maximum atomic E-state index is 12.8. The number of benzene rings is 1. The highest BCUT2D eigenvalue weighted by atomic mass is 19.3. The number of carbonyl (C=O) groups is 1. The normalized spacial score (nSPS) is 11.4. The Morgan fingerprint density at radius 1 is 1.37 bits per heavy atom. The zero-order valence-corrected chi connectivity index (χ0v) is 11.3. The van der Waals surface area contributed by atoms with E-state index in [2.05, 4.69) is 5.32 Å². The van der Waals surface area contributed by atoms with E-state index in [1.54, 1.807) is 0 Å². The maximum Gasteiger partial charge on any atom is 0.277 e. The van der Waals surface area contributed by atoms with Gasteiger partial charge in [-0.05, 0) is 31.4 Å². The summed E-state index contributed by atoms with van der Waals surface area (Å²) in [5, 5.41) is 2.21. The lowest BCUT2D eigenvalue weighted by molar-refractivity contribution is -0.122. The van der Waals surface area contributed by atoms with Crippen molar-refractivity contribution in [3.8, 4) is 0 Å². The molecule has 1 aromatic carbocycles. The van der Waals surface area contributed by atoms with E-state index in [4.69, 9.17) is 5.73 Å². The molecule has 3 N–H and O–H groups in total. The van der Waals surface area contributed by atoms with Crippen molar-refractivity contribution >= 4 is 5.91 Å². The third-order valence-electron chi connectivity index (χ3n) is 2.96. The molecule has 1 amide bonds. The van der Waals surface area contributed by atoms with Crippen LogP contribution in [0.1, 0.15) is 23.1 Å². The van der Waals surface area contributed by atoms with Crippen molar-refractivity contribution < 1.29 is 13.6 Å². The predicted molar refractivity (Wildman–Crippen MR) is 71.2 cm³/mol. The Morgan fingerprint density at radius 3 is 2.63 bits per heavy atom. The largest absolute Gasteiger partial charge is 0.350 e. The lowest BCUT2D eigenvalue weighted by atomic mass is 10.0. The van der Waals surface area contributed by atoms with Gasteiger partial charge in [-0.2, -0.15) is 0 Å². The number of alkyl halides is 2. The van der Waals surface area contributed by atoms with Crippen molar-refractivity contribution in [2.45, 2.75) is 32.6 Å². The second kappa shape index (κ2) is 6.61. The topological polar surface area (TPSA) is 55.1 Å². The van der Waals surface area contributed by atoms with E-state index in [-0.39, 0.29) is 12.3 Å². The first-order chi connectivity index (χ1) is 8.84. The molecule has 1 rings (SSSR count). The number of hydrogen-bond acceptors (Lipinski definition) is 2. The zero-order chi connectivity index (χ0) is 14.5. The summed E-state index contributed by atoms with van der Waals surface area (Å²) >= 11 is 0. The minimum atomic E-state index is -3.03. The van der Waals surface area contributed by atoms with Crippen LogP contribution in [-0.4, -0.2) is 24.9 Å². The molecule has 0 spiro atoms. The number of hydrogen-bond donors (Lipinski definition) is 2. The first-order valence-corrected chi connectivity index (χ1v) is 6.25. The Bertz CT molecular complexity index is 447. The number of rotatable bonds is 6. The lowest BCUT2D eigenvalue weighted by Crippen LogP contribution is -2.41. The van der Waals surface area contributed by atoms with Crippen molar-refractivity contribution in [1.29, 1.82) is 0 Å². The van der Waals surface area contributed by atoms with Gasteiger partial charge in [0.05, 0.1) is 13.1 Å². The number of aryl methyl sites for hydroxylation is 3. The Labute approximate surface area is 112 Å². The summed E-state index contributed by atoms with van der Waals surface area (Å²) in [6, 6.07) is 5.98. The number of amides is 1. The Kier molecular flexibility index (Phi) is 5.42. The monoisotopic (exact) mass is 270 g/mol. The zero-order valence-electron chi connectivity index (χ0n) is 11.3. The van der Waals surface area contributed by atoms with Crippen LogP contribution in [0.3, 0.4) is 0 Å². The van der Waals surface area contributed by atoms with Gasteiger partial charge in [0.2, 0.25) is 5.91 Å². The Hall–Kier alpha value is -1.49. The van der Waals surface area contributed by atoms with Crippen molar-refractivity contribution in [2.75, 3.05) is 13.1 Å². The van der Waals surface area contributed by atoms with Crippen molar-refractivity contribution in [3.63, 3.8) is 0 Å². The molecule has 0 unspecified atom stereocenters. The third kappa shape index (κ3) is 5.34. The second-order valence-corrected chi connectivity index (χ2v) is 4.77. The van der Waals surface area contributed by atoms with Crippen LogP contribution in [0.5, 0.6) is 0 Å². The van der Waals surface area contributed by atoms with Crippen LogP contribution < -0.4 is 11.1 Å². The van der Waals surface area contributed by atoms with Crippen LogP contribution >= 0.6 is 0 Å². The fourth-order valence-electron chi connectivity index (χ4n) is 1.76. The molecule has 19 heavy (non-hydrogen) atoms. The molecule has 106 valence electrons. The van der Waals surface area contributed by atoms with Crippen LogP contribution in [0.2, 0.25) is 0 Å². The quantitative estimate of drug-likeness (QED) is 0.830. The smallest absolute Gasteiger partial charge is 0.277 e. The van der Waals surface area contributed by atoms with Crippen LogP contribution in [-0.2, 0) is 11.2 Å². The van der Waals surface area contributed by atoms with Crippen LogP contribution in [0.25, 0.3) is 0 Å². The van der Waals surface area contributed by atoms with Gasteiger partial charge in [-0.3, -0.25) is 4.79 Å². The summed E-state index contributed by atoms with van der Waals surface area (Å²) in [6.07, 6.45) is 0.747. The van der Waals surface area contributed by atoms with E-state index >= 15 is 0 Å². The van der Waals surface area contributed by atoms with Gasteiger partial charge >= 0.3 is 0 Å². The molecule has 0 radical (unpaired) electrons. The van der Waals surface area contributed by atoms with Gasteiger partial charge in [0.25, 0.3) is 5.92 Å². The van der Waals surface area contributed by atoms with Gasteiger partial charge in [-0.15, -0.1) is 0 Å². The molecule has 0 heterocycles. The molecule has 0 fully saturated rings. The standard InChI is InChI=1S/C14H20F2N2O/c1-10-3-4-12(11(2)7-10)5-6-13(19)18-9-14(15,16)8-17/h3-4,7H,5-6,8-9,17H2,1-2H3,(H,18,19). The van der Waals surface area contributed by atoms with E-state index in [0.717, 1.165) is 16.7 Å². The molecular formula is C14H20F2N2O. The first-order valence-electron chi connectivity index (χ1n) is 6.25. The van der Waals surface area contributed by atoms with Gasteiger partial charge in [-0.1, -0.05) is 23.8 Å². The first kappa shape index (κ1) is 15.6. The number of halogens is 2. The van der Waals surface area contributed by atoms with Crippen LogP contribution in [0, 0.1) is 13.8 Å². The lowest BCUT2D eigenvalue weighted by Gasteiger charge is -2.14. The third-order valence-corrected chi connectivity index (χ3v) is 2.96. The van der Waals surface area contributed by atoms with Crippen molar-refractivity contribution in [1.82, 2.24) is 5.32 Å². The van der Waals surface area contributed by atoms with E-state index in [1.165, 1.54) is 0 Å². The average Bonchev–Trinajstić information content (AvgIpc) is 2.35. The Morgan fingerprint density at radius 2 is 2.05 bits per heavy atom. The highest BCUT2D eigenvalue weighted by molar-refractivity contribution is 5.76. The maximum absolute atomic E-state index is 12.8. The van der Waals surface area contributed by atoms with Crippen molar-refractivity contribution in [3.05, 3.63) is 34.9 Å². The highest BCUT2D eigenvalue weighted by Crippen LogP contribution is 2.13. The predicted octanol–water partition coefficient (Wildman–Crippen LogP) is 1.95. The molecule has 0 aliphatic carbocycles. The van der Waals surface area contributed by atoms with Gasteiger partial charge in [-0.25, -0.2) is 8.78 Å². The SMILES string of the molecule is Cc1ccc(CCC(=O)NCC(F)(F)CN)c(C)c1. The molecule has 0 aromatic heterocycles. The molecule has 0 aliphatic heterocycles. The number of nitrogens with two attached hydrogens (primary N) is 1. The number of nitrogens with one attached hydrogen (secondary N) is 1. The molecule has 0 saturated carbocycles. The summed E-state index contributed by atoms with van der Waals surface area (Å²) in [6.45, 7) is 2.51. The van der Waals surface area contributed by atoms with Crippen LogP contribution in [0.4, 0.5) is 8.78 Å². The molecule has 0 bridgehead atoms. The van der Waals surface area contributed by atoms with E-state index in [0.29, 0.717) is 6.42 Å². The average molecular weight is 270 g/mol. The fourth-order valence-corrected chi connectivity index (χ4v) is 1.76. The minimum absolute atomic E-state index is 0.199. The molecule has 3 nitrogen and oxygen atoms in total. The second-order valence-electron chi connectivity index (χ2n) is 4.77. The molecule has 1 aromatic rings. The highest BCUT2D eigenvalue weighted by Gasteiger charge is 2.26. The summed E-state index contributed by atoms with van der Waals surface area (Å²) in [5.74, 6) is -3.41. The summed E-state index contributed by atoms with van der Waals surface area (Å²) in [7, 11) is 0. The van der Waals surface area contributed by atoms with Gasteiger partial charge in [0.1, 0.15) is 0 Å². The number of carbonyl (C=O) groups excluding carboxylic acids is 1. The van der Waals surface area contributed by atoms with E-state index in [1.807, 2.05) is 32.0 Å². The van der Waals surface area contributed by atoms with E-state index < -0.39 is 19.0 Å².